The Morgan fingerprint density at radius 2 is 2.32 bits per heavy atom. The molecular formula is C13H22N4O2. The van der Waals surface area contributed by atoms with E-state index in [9.17, 15) is 9.90 Å². The van der Waals surface area contributed by atoms with Gasteiger partial charge in [0.2, 0.25) is 5.91 Å². The first-order valence-electron chi connectivity index (χ1n) is 6.76. The molecule has 1 saturated carbocycles. The predicted molar refractivity (Wildman–Crippen MR) is 70.2 cm³/mol. The highest BCUT2D eigenvalue weighted by molar-refractivity contribution is 5.73. The third-order valence-corrected chi connectivity index (χ3v) is 3.63. The molecule has 0 radical (unpaired) electrons. The summed E-state index contributed by atoms with van der Waals surface area (Å²) < 4.78 is 1.76. The van der Waals surface area contributed by atoms with Gasteiger partial charge in [0.25, 0.3) is 0 Å². The fourth-order valence-corrected chi connectivity index (χ4v) is 2.61. The highest BCUT2D eigenvalue weighted by atomic mass is 16.3. The Morgan fingerprint density at radius 1 is 1.58 bits per heavy atom. The summed E-state index contributed by atoms with van der Waals surface area (Å²) in [6, 6.07) is 0.229. The number of aromatic nitrogens is 3. The van der Waals surface area contributed by atoms with Gasteiger partial charge in [-0.15, -0.1) is 5.10 Å². The summed E-state index contributed by atoms with van der Waals surface area (Å²) in [5.74, 6) is 0.410. The van der Waals surface area contributed by atoms with E-state index < -0.39 is 5.60 Å². The minimum atomic E-state index is -0.967. The minimum absolute atomic E-state index is 0.0210. The van der Waals surface area contributed by atoms with E-state index in [1.165, 1.54) is 0 Å². The Kier molecular flexibility index (Phi) is 3.89. The Labute approximate surface area is 113 Å². The van der Waals surface area contributed by atoms with Gasteiger partial charge < -0.3 is 10.4 Å². The van der Waals surface area contributed by atoms with E-state index in [1.807, 2.05) is 0 Å². The van der Waals surface area contributed by atoms with Crippen LogP contribution in [0.1, 0.15) is 45.7 Å². The molecule has 2 N–H and O–H groups in total. The minimum Gasteiger partial charge on any atom is -0.384 e. The maximum Gasteiger partial charge on any atom is 0.217 e. The van der Waals surface area contributed by atoms with Crippen molar-refractivity contribution in [1.82, 2.24) is 20.3 Å². The van der Waals surface area contributed by atoms with Crippen molar-refractivity contribution in [2.45, 2.75) is 58.2 Å². The molecule has 2 rings (SSSR count). The number of rotatable bonds is 4. The molecule has 1 aromatic rings. The van der Waals surface area contributed by atoms with Crippen molar-refractivity contribution in [3.63, 3.8) is 0 Å². The molecule has 6 heteroatoms. The molecule has 19 heavy (non-hydrogen) atoms. The van der Waals surface area contributed by atoms with Gasteiger partial charge in [-0.3, -0.25) is 9.48 Å². The van der Waals surface area contributed by atoms with E-state index >= 15 is 0 Å². The smallest absolute Gasteiger partial charge is 0.217 e. The van der Waals surface area contributed by atoms with Crippen molar-refractivity contribution in [1.29, 1.82) is 0 Å². The summed E-state index contributed by atoms with van der Waals surface area (Å²) in [5.41, 5.74) is -0.396. The van der Waals surface area contributed by atoms with Crippen LogP contribution in [0, 0.1) is 5.92 Å². The molecule has 6 nitrogen and oxygen atoms in total. The predicted octanol–water partition coefficient (Wildman–Crippen LogP) is 0.810. The first kappa shape index (κ1) is 14.0. The lowest BCUT2D eigenvalue weighted by Gasteiger charge is -2.20. The summed E-state index contributed by atoms with van der Waals surface area (Å²) in [6.07, 6.45) is 5.02. The largest absolute Gasteiger partial charge is 0.384 e. The van der Waals surface area contributed by atoms with Gasteiger partial charge in [-0.05, 0) is 32.6 Å². The zero-order chi connectivity index (χ0) is 14.0. The molecule has 2 atom stereocenters. The van der Waals surface area contributed by atoms with Crippen molar-refractivity contribution in [3.05, 3.63) is 11.9 Å². The third-order valence-electron chi connectivity index (χ3n) is 3.63. The zero-order valence-corrected chi connectivity index (χ0v) is 11.8. The molecular weight excluding hydrogens is 244 g/mol. The second kappa shape index (κ2) is 5.28. The van der Waals surface area contributed by atoms with E-state index in [0.29, 0.717) is 11.6 Å². The standard InChI is InChI=1S/C13H22N4O2/c1-9(18)14-11-6-4-5-10(11)7-17-8-12(15-16-17)13(2,3)19/h8,10-11,19H,4-7H2,1-3H3,(H,14,18)/t10-,11-/m1/s1. The second-order valence-corrected chi connectivity index (χ2v) is 5.88. The molecule has 106 valence electrons. The quantitative estimate of drug-likeness (QED) is 0.845. The van der Waals surface area contributed by atoms with Crippen LogP contribution < -0.4 is 5.32 Å². The van der Waals surface area contributed by atoms with Gasteiger partial charge in [0.15, 0.2) is 0 Å². The monoisotopic (exact) mass is 266 g/mol. The number of hydrogen-bond acceptors (Lipinski definition) is 4. The molecule has 0 unspecified atom stereocenters. The lowest BCUT2D eigenvalue weighted by Crippen LogP contribution is -2.37. The maximum atomic E-state index is 11.2. The van der Waals surface area contributed by atoms with Gasteiger partial charge in [0.05, 0.1) is 6.20 Å². The van der Waals surface area contributed by atoms with Crippen molar-refractivity contribution >= 4 is 5.91 Å². The van der Waals surface area contributed by atoms with Crippen LogP contribution >= 0.6 is 0 Å². The molecule has 1 fully saturated rings. The Balaban J connectivity index is 2.00. The van der Waals surface area contributed by atoms with E-state index in [4.69, 9.17) is 0 Å². The van der Waals surface area contributed by atoms with Crippen molar-refractivity contribution < 1.29 is 9.90 Å². The first-order chi connectivity index (χ1) is 8.86. The lowest BCUT2D eigenvalue weighted by molar-refractivity contribution is -0.119. The first-order valence-corrected chi connectivity index (χ1v) is 6.76. The number of aliphatic hydroxyl groups is 1. The van der Waals surface area contributed by atoms with Crippen LogP contribution in [0.4, 0.5) is 0 Å². The lowest BCUT2D eigenvalue weighted by atomic mass is 10.0. The summed E-state index contributed by atoms with van der Waals surface area (Å²) in [4.78, 5) is 11.2. The molecule has 0 spiro atoms. The van der Waals surface area contributed by atoms with E-state index in [1.54, 1.807) is 31.6 Å². The Hall–Kier alpha value is -1.43. The van der Waals surface area contributed by atoms with Crippen LogP contribution in [0.25, 0.3) is 0 Å². The van der Waals surface area contributed by atoms with E-state index in [2.05, 4.69) is 15.6 Å². The topological polar surface area (TPSA) is 80.0 Å². The van der Waals surface area contributed by atoms with Gasteiger partial charge in [-0.25, -0.2) is 0 Å². The maximum absolute atomic E-state index is 11.2. The number of hydrogen-bond donors (Lipinski definition) is 2. The normalized spacial score (nSPS) is 23.6. The van der Waals surface area contributed by atoms with Crippen molar-refractivity contribution in [3.8, 4) is 0 Å². The van der Waals surface area contributed by atoms with E-state index in [0.717, 1.165) is 25.8 Å². The number of nitrogens with one attached hydrogen (secondary N) is 1. The van der Waals surface area contributed by atoms with Crippen LogP contribution in [0.15, 0.2) is 6.20 Å². The van der Waals surface area contributed by atoms with Gasteiger partial charge >= 0.3 is 0 Å². The summed E-state index contributed by atoms with van der Waals surface area (Å²) in [6.45, 7) is 5.67. The fraction of sp³-hybridized carbons (Fsp3) is 0.769. The molecule has 0 saturated heterocycles. The Morgan fingerprint density at radius 3 is 2.89 bits per heavy atom. The Bertz CT molecular complexity index is 450. The summed E-state index contributed by atoms with van der Waals surface area (Å²) in [7, 11) is 0. The number of nitrogens with zero attached hydrogens (tertiary/aromatic N) is 3. The average molecular weight is 266 g/mol. The molecule has 1 aliphatic carbocycles. The van der Waals surface area contributed by atoms with Gasteiger partial charge in [0, 0.05) is 19.5 Å². The van der Waals surface area contributed by atoms with Gasteiger partial charge in [-0.1, -0.05) is 11.6 Å². The van der Waals surface area contributed by atoms with Crippen LogP contribution in [0.2, 0.25) is 0 Å². The SMILES string of the molecule is CC(=O)N[C@@H]1CCC[C@@H]1Cn1cc(C(C)(C)O)nn1. The molecule has 1 aliphatic rings. The van der Waals surface area contributed by atoms with Gasteiger partial charge in [-0.2, -0.15) is 0 Å². The molecule has 1 aromatic heterocycles. The third kappa shape index (κ3) is 3.53. The molecule has 1 amide bonds. The molecule has 0 aromatic carbocycles. The molecule has 1 heterocycles. The van der Waals surface area contributed by atoms with Gasteiger partial charge in [0.1, 0.15) is 11.3 Å². The number of carbonyl (C=O) groups excluding carboxylic acids is 1. The number of carbonyl (C=O) groups is 1. The zero-order valence-electron chi connectivity index (χ0n) is 11.8. The van der Waals surface area contributed by atoms with Crippen LogP contribution in [-0.2, 0) is 16.9 Å². The summed E-state index contributed by atoms with van der Waals surface area (Å²) >= 11 is 0. The van der Waals surface area contributed by atoms with Crippen molar-refractivity contribution in [2.75, 3.05) is 0 Å². The fourth-order valence-electron chi connectivity index (χ4n) is 2.61. The average Bonchev–Trinajstić information content (AvgIpc) is 2.88. The number of amides is 1. The highest BCUT2D eigenvalue weighted by Gasteiger charge is 2.29. The second-order valence-electron chi connectivity index (χ2n) is 5.88. The highest BCUT2D eigenvalue weighted by Crippen LogP contribution is 2.27. The molecule has 0 bridgehead atoms. The van der Waals surface area contributed by atoms with E-state index in [-0.39, 0.29) is 11.9 Å². The molecule has 0 aliphatic heterocycles. The summed E-state index contributed by atoms with van der Waals surface area (Å²) in [5, 5.41) is 20.9. The van der Waals surface area contributed by atoms with Crippen LogP contribution in [-0.4, -0.2) is 32.0 Å². The van der Waals surface area contributed by atoms with Crippen LogP contribution in [0.3, 0.4) is 0 Å². The van der Waals surface area contributed by atoms with Crippen LogP contribution in [0.5, 0.6) is 0 Å². The van der Waals surface area contributed by atoms with Crippen molar-refractivity contribution in [2.24, 2.45) is 5.92 Å².